The van der Waals surface area contributed by atoms with Gasteiger partial charge in [-0.15, -0.1) is 6.42 Å². The van der Waals surface area contributed by atoms with Crippen LogP contribution in [0, 0.1) is 12.3 Å². The average molecular weight is 529 g/mol. The van der Waals surface area contributed by atoms with Crippen molar-refractivity contribution in [3.8, 4) is 12.3 Å². The smallest absolute Gasteiger partial charge is 0.426 e. The van der Waals surface area contributed by atoms with Gasteiger partial charge in [-0.1, -0.05) is 24.1 Å². The number of imide groups is 1. The summed E-state index contributed by atoms with van der Waals surface area (Å²) < 4.78 is 14.7. The number of nitrogens with zero attached hydrogens (tertiary/aromatic N) is 3. The summed E-state index contributed by atoms with van der Waals surface area (Å²) in [6.45, 7) is 3.93. The average Bonchev–Trinajstić information content (AvgIpc) is 3.24. The molecule has 0 saturated carbocycles. The van der Waals surface area contributed by atoms with Gasteiger partial charge < -0.3 is 14.2 Å². The molecule has 3 N–H and O–H groups in total. The van der Waals surface area contributed by atoms with Crippen LogP contribution >= 0.6 is 0 Å². The molecule has 0 bridgehead atoms. The van der Waals surface area contributed by atoms with Gasteiger partial charge in [-0.2, -0.15) is 0 Å². The van der Waals surface area contributed by atoms with Crippen LogP contribution in [0.1, 0.15) is 20.8 Å². The Morgan fingerprint density at radius 2 is 1.74 bits per heavy atom. The van der Waals surface area contributed by atoms with Crippen molar-refractivity contribution in [2.24, 2.45) is 0 Å². The Morgan fingerprint density at radius 1 is 1.08 bits per heavy atom. The van der Waals surface area contributed by atoms with Crippen molar-refractivity contribution >= 4 is 35.8 Å². The lowest BCUT2D eigenvalue weighted by Gasteiger charge is -2.48. The van der Waals surface area contributed by atoms with Crippen molar-refractivity contribution in [2.75, 3.05) is 32.3 Å². The largest absolute Gasteiger partial charge is 0.466 e. The van der Waals surface area contributed by atoms with E-state index in [4.69, 9.17) is 15.9 Å². The van der Waals surface area contributed by atoms with E-state index in [-0.39, 0.29) is 23.6 Å². The molecule has 2 atom stereocenters. The maximum absolute atomic E-state index is 14.5. The molecule has 0 aromatic heterocycles. The van der Waals surface area contributed by atoms with Gasteiger partial charge >= 0.3 is 24.2 Å². The monoisotopic (exact) mass is 528 g/mol. The lowest BCUT2D eigenvalue weighted by Crippen LogP contribution is -2.78. The van der Waals surface area contributed by atoms with Gasteiger partial charge in [-0.3, -0.25) is 20.1 Å². The number of hydrazine groups is 2. The normalized spacial score (nSPS) is 22.5. The summed E-state index contributed by atoms with van der Waals surface area (Å²) in [4.78, 5) is 68.1. The van der Waals surface area contributed by atoms with Crippen LogP contribution in [0.15, 0.2) is 41.6 Å². The summed E-state index contributed by atoms with van der Waals surface area (Å²) >= 11 is 0. The van der Waals surface area contributed by atoms with Crippen molar-refractivity contribution in [3.05, 3.63) is 41.6 Å². The molecular formula is C24H28N6O8. The SMILES string of the molecule is C#CCN1C(=O)N(c2ccccc2)C(=O)C12C(C(=O)OC)=C(C)N(NC(=O)OCC)C2(C)NNC(=O)OC. The third kappa shape index (κ3) is 4.02. The minimum atomic E-state index is -2.27. The van der Waals surface area contributed by atoms with E-state index in [2.05, 4.69) is 26.9 Å². The highest BCUT2D eigenvalue weighted by molar-refractivity contribution is 6.28. The summed E-state index contributed by atoms with van der Waals surface area (Å²) in [5, 5.41) is 1.09. The molecule has 202 valence electrons. The van der Waals surface area contributed by atoms with Crippen LogP contribution < -0.4 is 21.2 Å². The molecule has 1 aromatic rings. The molecule has 5 amide bonds. The number of ether oxygens (including phenoxy) is 3. The fraction of sp³-hybridized carbons (Fsp3) is 0.375. The number of amides is 5. The van der Waals surface area contributed by atoms with E-state index in [0.29, 0.717) is 0 Å². The maximum atomic E-state index is 14.5. The summed E-state index contributed by atoms with van der Waals surface area (Å²) in [6, 6.07) is 7.14. The highest BCUT2D eigenvalue weighted by atomic mass is 16.6. The van der Waals surface area contributed by atoms with Crippen LogP contribution in [0.2, 0.25) is 0 Å². The van der Waals surface area contributed by atoms with Gasteiger partial charge in [0.2, 0.25) is 0 Å². The van der Waals surface area contributed by atoms with E-state index in [1.165, 1.54) is 26.0 Å². The molecule has 3 rings (SSSR count). The summed E-state index contributed by atoms with van der Waals surface area (Å²) in [5.74, 6) is 0.457. The first-order valence-electron chi connectivity index (χ1n) is 11.4. The number of terminal acetylenes is 1. The number of methoxy groups -OCH3 is 2. The molecule has 0 aliphatic carbocycles. The molecule has 14 nitrogen and oxygen atoms in total. The number of nitrogens with one attached hydrogen (secondary N) is 3. The number of rotatable bonds is 7. The quantitative estimate of drug-likeness (QED) is 0.152. The summed E-state index contributed by atoms with van der Waals surface area (Å²) in [6.07, 6.45) is 3.69. The number of hydrogen-bond acceptors (Lipinski definition) is 10. The Hall–Kier alpha value is -4.77. The van der Waals surface area contributed by atoms with E-state index < -0.39 is 47.8 Å². The number of carbonyl (C=O) groups is 5. The number of urea groups is 1. The molecule has 2 heterocycles. The Balaban J connectivity index is 2.38. The molecule has 1 aromatic carbocycles. The van der Waals surface area contributed by atoms with Gasteiger partial charge in [-0.25, -0.2) is 34.9 Å². The van der Waals surface area contributed by atoms with Crippen LogP contribution in [0.5, 0.6) is 0 Å². The first-order chi connectivity index (χ1) is 18.1. The van der Waals surface area contributed by atoms with Gasteiger partial charge in [0, 0.05) is 5.70 Å². The first kappa shape index (κ1) is 27.8. The lowest BCUT2D eigenvalue weighted by atomic mass is 9.79. The van der Waals surface area contributed by atoms with E-state index in [1.807, 2.05) is 0 Å². The van der Waals surface area contributed by atoms with Crippen molar-refractivity contribution < 1.29 is 38.2 Å². The van der Waals surface area contributed by atoms with Gasteiger partial charge in [-0.05, 0) is 32.9 Å². The molecule has 14 heteroatoms. The number of benzene rings is 1. The molecule has 1 fully saturated rings. The second kappa shape index (κ2) is 10.7. The number of anilines is 1. The van der Waals surface area contributed by atoms with E-state index in [9.17, 15) is 24.0 Å². The molecule has 2 aliphatic heterocycles. The van der Waals surface area contributed by atoms with Crippen LogP contribution in [0.3, 0.4) is 0 Å². The minimum absolute atomic E-state index is 0.00431. The first-order valence-corrected chi connectivity index (χ1v) is 11.4. The number of hydrogen-bond donors (Lipinski definition) is 3. The van der Waals surface area contributed by atoms with Crippen molar-refractivity contribution in [3.63, 3.8) is 0 Å². The maximum Gasteiger partial charge on any atom is 0.426 e. The van der Waals surface area contributed by atoms with Gasteiger partial charge in [0.15, 0.2) is 11.2 Å². The van der Waals surface area contributed by atoms with Gasteiger partial charge in [0.05, 0.1) is 38.6 Å². The second-order valence-electron chi connectivity index (χ2n) is 8.19. The third-order valence-corrected chi connectivity index (χ3v) is 6.28. The van der Waals surface area contributed by atoms with Crippen molar-refractivity contribution in [1.29, 1.82) is 0 Å². The second-order valence-corrected chi connectivity index (χ2v) is 8.19. The predicted octanol–water partition coefficient (Wildman–Crippen LogP) is 0.828. The molecule has 0 radical (unpaired) electrons. The third-order valence-electron chi connectivity index (χ3n) is 6.28. The lowest BCUT2D eigenvalue weighted by molar-refractivity contribution is -0.142. The molecule has 1 saturated heterocycles. The summed E-state index contributed by atoms with van der Waals surface area (Å²) in [5.41, 5.74) is 3.02. The zero-order valence-electron chi connectivity index (χ0n) is 21.5. The Bertz CT molecular complexity index is 1230. The van der Waals surface area contributed by atoms with Gasteiger partial charge in [0.1, 0.15) is 0 Å². The minimum Gasteiger partial charge on any atom is -0.466 e. The Morgan fingerprint density at radius 3 is 2.29 bits per heavy atom. The van der Waals surface area contributed by atoms with Crippen LogP contribution in [-0.4, -0.2) is 78.6 Å². The number of para-hydroxylation sites is 1. The molecule has 1 spiro atoms. The van der Waals surface area contributed by atoms with Crippen LogP contribution in [0.4, 0.5) is 20.1 Å². The molecule has 2 aliphatic rings. The fourth-order valence-corrected chi connectivity index (χ4v) is 4.76. The standard InChI is InChI=1S/C24H28N6O8/c1-7-14-28-22(35)29(16-12-10-9-11-13-16)19(32)24(28)17(18(31)36-5)15(3)30(26-21(34)38-8-2)23(24,4)27-25-20(33)37-6/h1,9-13,27H,8,14H2,2-6H3,(H,25,33)(H,26,34). The Kier molecular flexibility index (Phi) is 7.82. The van der Waals surface area contributed by atoms with Crippen molar-refractivity contribution in [1.82, 2.24) is 26.2 Å². The topological polar surface area (TPSA) is 159 Å². The van der Waals surface area contributed by atoms with Crippen LogP contribution in [0.25, 0.3) is 0 Å². The highest BCUT2D eigenvalue weighted by Crippen LogP contribution is 2.51. The number of carbonyl (C=O) groups excluding carboxylic acids is 5. The molecule has 38 heavy (non-hydrogen) atoms. The highest BCUT2D eigenvalue weighted by Gasteiger charge is 2.76. The van der Waals surface area contributed by atoms with Gasteiger partial charge in [0.25, 0.3) is 5.91 Å². The van der Waals surface area contributed by atoms with E-state index in [0.717, 1.165) is 29.0 Å². The van der Waals surface area contributed by atoms with E-state index >= 15 is 0 Å². The Labute approximate surface area is 218 Å². The zero-order valence-corrected chi connectivity index (χ0v) is 21.5. The van der Waals surface area contributed by atoms with E-state index in [1.54, 1.807) is 25.1 Å². The molecular weight excluding hydrogens is 500 g/mol. The number of esters is 1. The zero-order chi connectivity index (χ0) is 28.3. The molecule has 2 unspecified atom stereocenters. The fourth-order valence-electron chi connectivity index (χ4n) is 4.76. The van der Waals surface area contributed by atoms with Crippen molar-refractivity contribution in [2.45, 2.75) is 32.0 Å². The predicted molar refractivity (Wildman–Crippen MR) is 131 cm³/mol. The summed E-state index contributed by atoms with van der Waals surface area (Å²) in [7, 11) is 2.20. The number of allylic oxidation sites excluding steroid dienone is 1. The van der Waals surface area contributed by atoms with Crippen LogP contribution in [-0.2, 0) is 23.8 Å².